The lowest BCUT2D eigenvalue weighted by molar-refractivity contribution is -0.122. The van der Waals surface area contributed by atoms with Crippen molar-refractivity contribution in [3.63, 3.8) is 0 Å². The minimum atomic E-state index is -0.184. The summed E-state index contributed by atoms with van der Waals surface area (Å²) in [6.07, 6.45) is 3.48. The van der Waals surface area contributed by atoms with Gasteiger partial charge in [0.05, 0.1) is 17.0 Å². The molecule has 180 valence electrons. The van der Waals surface area contributed by atoms with E-state index in [4.69, 9.17) is 17.2 Å². The van der Waals surface area contributed by atoms with Gasteiger partial charge in [0.1, 0.15) is 15.8 Å². The Morgan fingerprint density at radius 2 is 1.69 bits per heavy atom. The van der Waals surface area contributed by atoms with Gasteiger partial charge in [0.25, 0.3) is 11.5 Å². The quantitative estimate of drug-likeness (QED) is 0.398. The Morgan fingerprint density at radius 3 is 2.40 bits per heavy atom. The number of benzene rings is 1. The highest BCUT2D eigenvalue weighted by Gasteiger charge is 2.33. The number of thiocarbonyl (C=S) groups is 1. The fourth-order valence-electron chi connectivity index (χ4n) is 4.28. The van der Waals surface area contributed by atoms with Crippen molar-refractivity contribution in [3.05, 3.63) is 80.1 Å². The number of anilines is 1. The van der Waals surface area contributed by atoms with Crippen LogP contribution < -0.4 is 10.5 Å². The third-order valence-corrected chi connectivity index (χ3v) is 7.78. The average Bonchev–Trinajstić information content (AvgIpc) is 3.10. The number of aromatic nitrogens is 2. The molecule has 2 aliphatic heterocycles. The lowest BCUT2D eigenvalue weighted by Crippen LogP contribution is -2.45. The molecule has 0 bridgehead atoms. The molecule has 4 heterocycles. The van der Waals surface area contributed by atoms with E-state index in [1.807, 2.05) is 50.2 Å². The van der Waals surface area contributed by atoms with Gasteiger partial charge in [-0.05, 0) is 44.2 Å². The van der Waals surface area contributed by atoms with Crippen LogP contribution >= 0.6 is 24.0 Å². The Labute approximate surface area is 214 Å². The molecule has 7 nitrogen and oxygen atoms in total. The number of carbonyl (C=O) groups is 1. The maximum absolute atomic E-state index is 13.7. The Kier molecular flexibility index (Phi) is 6.48. The Bertz CT molecular complexity index is 1410. The van der Waals surface area contributed by atoms with Gasteiger partial charge in [-0.2, -0.15) is 0 Å². The lowest BCUT2D eigenvalue weighted by atomic mass is 10.1. The average molecular weight is 506 g/mol. The van der Waals surface area contributed by atoms with Gasteiger partial charge in [-0.1, -0.05) is 59.9 Å². The Hall–Kier alpha value is -3.01. The summed E-state index contributed by atoms with van der Waals surface area (Å²) in [5.74, 6) is 0.439. The van der Waals surface area contributed by atoms with Gasteiger partial charge in [-0.3, -0.25) is 18.9 Å². The van der Waals surface area contributed by atoms with Crippen LogP contribution in [0, 0.1) is 13.8 Å². The Balaban J connectivity index is 1.55. The molecule has 0 spiro atoms. The molecular formula is C26H27N5O2S2. The van der Waals surface area contributed by atoms with Gasteiger partial charge in [0, 0.05) is 32.4 Å². The zero-order valence-electron chi connectivity index (χ0n) is 20.0. The second-order valence-electron chi connectivity index (χ2n) is 9.13. The summed E-state index contributed by atoms with van der Waals surface area (Å²) < 4.78 is 2.06. The number of thioether (sulfide) groups is 1. The Morgan fingerprint density at radius 1 is 1.00 bits per heavy atom. The number of piperazine rings is 1. The normalized spacial score (nSPS) is 18.3. The molecule has 2 aliphatic rings. The number of pyridine rings is 1. The van der Waals surface area contributed by atoms with E-state index in [9.17, 15) is 9.59 Å². The number of amides is 1. The van der Waals surface area contributed by atoms with Crippen molar-refractivity contribution in [1.29, 1.82) is 0 Å². The lowest BCUT2D eigenvalue weighted by Gasteiger charge is -2.34. The predicted molar refractivity (Wildman–Crippen MR) is 146 cm³/mol. The van der Waals surface area contributed by atoms with E-state index in [1.165, 1.54) is 11.8 Å². The summed E-state index contributed by atoms with van der Waals surface area (Å²) in [5, 5.41) is 0. The van der Waals surface area contributed by atoms with Gasteiger partial charge in [0.15, 0.2) is 0 Å². The monoisotopic (exact) mass is 505 g/mol. The molecule has 0 aliphatic carbocycles. The van der Waals surface area contributed by atoms with E-state index in [1.54, 1.807) is 21.6 Å². The molecule has 2 saturated heterocycles. The van der Waals surface area contributed by atoms with Gasteiger partial charge < -0.3 is 9.80 Å². The van der Waals surface area contributed by atoms with Crippen LogP contribution in [0.15, 0.2) is 52.3 Å². The molecular weight excluding hydrogens is 478 g/mol. The van der Waals surface area contributed by atoms with Crippen LogP contribution in [0.2, 0.25) is 0 Å². The van der Waals surface area contributed by atoms with Crippen molar-refractivity contribution in [3.8, 4) is 0 Å². The predicted octanol–water partition coefficient (Wildman–Crippen LogP) is 3.46. The van der Waals surface area contributed by atoms with Gasteiger partial charge in [-0.15, -0.1) is 0 Å². The molecule has 3 aromatic rings. The van der Waals surface area contributed by atoms with E-state index >= 15 is 0 Å². The third-order valence-electron chi connectivity index (χ3n) is 6.40. The van der Waals surface area contributed by atoms with Crippen molar-refractivity contribution in [2.45, 2.75) is 20.4 Å². The summed E-state index contributed by atoms with van der Waals surface area (Å²) >= 11 is 6.78. The van der Waals surface area contributed by atoms with Gasteiger partial charge in [0.2, 0.25) is 0 Å². The van der Waals surface area contributed by atoms with Crippen molar-refractivity contribution in [1.82, 2.24) is 19.2 Å². The van der Waals surface area contributed by atoms with Crippen molar-refractivity contribution < 1.29 is 4.79 Å². The van der Waals surface area contributed by atoms with E-state index in [0.717, 1.165) is 42.9 Å². The second kappa shape index (κ2) is 9.56. The third kappa shape index (κ3) is 4.76. The van der Waals surface area contributed by atoms with Crippen LogP contribution in [0.5, 0.6) is 0 Å². The highest BCUT2D eigenvalue weighted by atomic mass is 32.2. The van der Waals surface area contributed by atoms with Crippen LogP contribution in [0.25, 0.3) is 11.7 Å². The van der Waals surface area contributed by atoms with Crippen LogP contribution in [-0.2, 0) is 11.3 Å². The summed E-state index contributed by atoms with van der Waals surface area (Å²) in [4.78, 5) is 38.3. The molecule has 9 heteroatoms. The van der Waals surface area contributed by atoms with Gasteiger partial charge in [-0.25, -0.2) is 4.98 Å². The minimum Gasteiger partial charge on any atom is -0.353 e. The van der Waals surface area contributed by atoms with E-state index in [-0.39, 0.29) is 11.5 Å². The van der Waals surface area contributed by atoms with Crippen molar-refractivity contribution in [2.75, 3.05) is 38.1 Å². The molecule has 1 aromatic carbocycles. The van der Waals surface area contributed by atoms with Crippen LogP contribution in [0.1, 0.15) is 22.3 Å². The maximum atomic E-state index is 13.7. The number of aryl methyl sites for hydroxylation is 2. The standard InChI is InChI=1S/C26H27N5O2S2/c1-17-4-7-19(8-5-17)16-31-25(33)21(35-26(31)34)14-20-23(29-12-10-28(3)11-13-29)27-22-9-6-18(2)15-30(22)24(20)32/h4-9,14-15H,10-13,16H2,1-3H3/b21-14+. The van der Waals surface area contributed by atoms with E-state index < -0.39 is 0 Å². The number of nitrogens with zero attached hydrogens (tertiary/aromatic N) is 5. The van der Waals surface area contributed by atoms with Crippen LogP contribution in [0.3, 0.4) is 0 Å². The molecule has 5 rings (SSSR count). The number of fused-ring (bicyclic) bond motifs is 1. The number of rotatable bonds is 4. The molecule has 0 unspecified atom stereocenters. The van der Waals surface area contributed by atoms with E-state index in [0.29, 0.717) is 32.8 Å². The first-order valence-electron chi connectivity index (χ1n) is 11.6. The number of hydrogen-bond acceptors (Lipinski definition) is 7. The van der Waals surface area contributed by atoms with Gasteiger partial charge >= 0.3 is 0 Å². The number of likely N-dealkylation sites (N-methyl/N-ethyl adjacent to an activating group) is 1. The summed E-state index contributed by atoms with van der Waals surface area (Å²) in [6, 6.07) is 11.9. The molecule has 0 saturated carbocycles. The van der Waals surface area contributed by atoms with Crippen LogP contribution in [-0.4, -0.2) is 62.6 Å². The zero-order chi connectivity index (χ0) is 24.7. The molecule has 35 heavy (non-hydrogen) atoms. The highest BCUT2D eigenvalue weighted by Crippen LogP contribution is 2.34. The fourth-order valence-corrected chi connectivity index (χ4v) is 5.51. The maximum Gasteiger partial charge on any atom is 0.267 e. The largest absolute Gasteiger partial charge is 0.353 e. The molecule has 0 atom stereocenters. The minimum absolute atomic E-state index is 0.182. The highest BCUT2D eigenvalue weighted by molar-refractivity contribution is 8.26. The summed E-state index contributed by atoms with van der Waals surface area (Å²) in [6.45, 7) is 7.67. The first-order chi connectivity index (χ1) is 16.8. The first-order valence-corrected chi connectivity index (χ1v) is 12.8. The van der Waals surface area contributed by atoms with Crippen molar-refractivity contribution in [2.24, 2.45) is 0 Å². The molecule has 1 amide bonds. The summed E-state index contributed by atoms with van der Waals surface area (Å²) in [7, 11) is 2.09. The van der Waals surface area contributed by atoms with Crippen LogP contribution in [0.4, 0.5) is 5.82 Å². The molecule has 2 fully saturated rings. The summed E-state index contributed by atoms with van der Waals surface area (Å²) in [5.41, 5.74) is 3.97. The topological polar surface area (TPSA) is 61.2 Å². The number of hydrogen-bond donors (Lipinski definition) is 0. The molecule has 2 aromatic heterocycles. The smallest absolute Gasteiger partial charge is 0.267 e. The number of carbonyl (C=O) groups excluding carboxylic acids is 1. The molecule has 0 radical (unpaired) electrons. The fraction of sp³-hybridized carbons (Fsp3) is 0.308. The SMILES string of the molecule is Cc1ccc(CN2C(=O)/C(=C\c3c(N4CCN(C)CC4)nc4ccc(C)cn4c3=O)SC2=S)cc1. The molecule has 0 N–H and O–H groups in total. The van der Waals surface area contributed by atoms with Crippen molar-refractivity contribution >= 4 is 51.7 Å². The van der Waals surface area contributed by atoms with E-state index in [2.05, 4.69) is 16.8 Å². The second-order valence-corrected chi connectivity index (χ2v) is 10.8. The zero-order valence-corrected chi connectivity index (χ0v) is 21.7. The first kappa shape index (κ1) is 23.7.